The highest BCUT2D eigenvalue weighted by atomic mass is 32.1. The number of hydrogen-bond acceptors (Lipinski definition) is 6. The summed E-state index contributed by atoms with van der Waals surface area (Å²) in [5, 5.41) is 11.7. The lowest BCUT2D eigenvalue weighted by Crippen LogP contribution is -2.25. The number of alkyl halides is 3. The van der Waals surface area contributed by atoms with Gasteiger partial charge < -0.3 is 24.5 Å². The number of ether oxygens (including phenoxy) is 2. The number of aliphatic hydroxyl groups excluding tert-OH is 1. The SMILES string of the molecule is CC(C)(C)c1cn(C[C@H]2CCCO2)c(=NC(=O)c2cc(C(F)(F)F)ccc2OCCNCCO)s1. The van der Waals surface area contributed by atoms with E-state index in [2.05, 4.69) is 10.3 Å². The van der Waals surface area contributed by atoms with Gasteiger partial charge in [0.2, 0.25) is 0 Å². The third-order valence-electron chi connectivity index (χ3n) is 5.44. The first kappa shape index (κ1) is 27.4. The van der Waals surface area contributed by atoms with Crippen molar-refractivity contribution in [3.05, 3.63) is 45.2 Å². The molecule has 194 valence electrons. The van der Waals surface area contributed by atoms with Crippen molar-refractivity contribution < 1.29 is 32.5 Å². The van der Waals surface area contributed by atoms with Gasteiger partial charge in [-0.05, 0) is 36.5 Å². The Morgan fingerprint density at radius 1 is 1.31 bits per heavy atom. The van der Waals surface area contributed by atoms with E-state index in [0.717, 1.165) is 35.9 Å². The normalized spacial score (nSPS) is 17.2. The smallest absolute Gasteiger partial charge is 0.416 e. The molecule has 1 aromatic carbocycles. The van der Waals surface area contributed by atoms with Crippen molar-refractivity contribution in [2.45, 2.75) is 57.9 Å². The maximum absolute atomic E-state index is 13.4. The largest absolute Gasteiger partial charge is 0.491 e. The van der Waals surface area contributed by atoms with Gasteiger partial charge in [-0.15, -0.1) is 11.3 Å². The fraction of sp³-hybridized carbons (Fsp3) is 0.583. The number of carbonyl (C=O) groups is 1. The van der Waals surface area contributed by atoms with E-state index in [1.807, 2.05) is 31.5 Å². The summed E-state index contributed by atoms with van der Waals surface area (Å²) in [7, 11) is 0. The number of aromatic nitrogens is 1. The number of thiazole rings is 1. The zero-order chi connectivity index (χ0) is 25.6. The summed E-state index contributed by atoms with van der Waals surface area (Å²) < 4.78 is 53.3. The summed E-state index contributed by atoms with van der Waals surface area (Å²) >= 11 is 1.34. The van der Waals surface area contributed by atoms with Crippen molar-refractivity contribution in [3.63, 3.8) is 0 Å². The van der Waals surface area contributed by atoms with Gasteiger partial charge in [0.15, 0.2) is 4.80 Å². The molecule has 0 bridgehead atoms. The molecule has 2 aromatic rings. The minimum absolute atomic E-state index is 0.00495. The second-order valence-corrected chi connectivity index (χ2v) is 10.4. The first-order chi connectivity index (χ1) is 16.5. The number of nitrogens with zero attached hydrogens (tertiary/aromatic N) is 2. The molecule has 0 radical (unpaired) electrons. The second kappa shape index (κ2) is 11.7. The average Bonchev–Trinajstić information content (AvgIpc) is 3.43. The summed E-state index contributed by atoms with van der Waals surface area (Å²) in [6.07, 6.45) is -0.805. The Labute approximate surface area is 206 Å². The molecule has 0 spiro atoms. The zero-order valence-corrected chi connectivity index (χ0v) is 21.0. The molecule has 1 amide bonds. The van der Waals surface area contributed by atoms with Crippen LogP contribution in [0.15, 0.2) is 29.4 Å². The van der Waals surface area contributed by atoms with Crippen molar-refractivity contribution in [1.29, 1.82) is 0 Å². The molecular formula is C24H32F3N3O4S. The van der Waals surface area contributed by atoms with Crippen molar-refractivity contribution in [2.75, 3.05) is 32.9 Å². The lowest BCUT2D eigenvalue weighted by atomic mass is 9.95. The monoisotopic (exact) mass is 515 g/mol. The van der Waals surface area contributed by atoms with Gasteiger partial charge in [-0.1, -0.05) is 20.8 Å². The van der Waals surface area contributed by atoms with Crippen molar-refractivity contribution in [2.24, 2.45) is 4.99 Å². The van der Waals surface area contributed by atoms with Crippen LogP contribution in [0.2, 0.25) is 0 Å². The molecule has 1 aliphatic rings. The molecule has 7 nitrogen and oxygen atoms in total. The summed E-state index contributed by atoms with van der Waals surface area (Å²) in [6, 6.07) is 2.81. The molecule has 1 atom stereocenters. The van der Waals surface area contributed by atoms with Crippen LogP contribution < -0.4 is 14.9 Å². The highest BCUT2D eigenvalue weighted by Gasteiger charge is 2.32. The van der Waals surface area contributed by atoms with Crippen LogP contribution in [-0.4, -0.2) is 54.6 Å². The summed E-state index contributed by atoms with van der Waals surface area (Å²) in [6.45, 7) is 8.11. The molecule has 1 aromatic heterocycles. The molecule has 0 saturated carbocycles. The second-order valence-electron chi connectivity index (χ2n) is 9.36. The number of benzene rings is 1. The van der Waals surface area contributed by atoms with Crippen LogP contribution >= 0.6 is 11.3 Å². The molecule has 1 saturated heterocycles. The summed E-state index contributed by atoms with van der Waals surface area (Å²) in [5.74, 6) is -0.784. The molecule has 2 heterocycles. The number of amides is 1. The van der Waals surface area contributed by atoms with Gasteiger partial charge in [0.05, 0.1) is 30.4 Å². The minimum Gasteiger partial charge on any atom is -0.491 e. The van der Waals surface area contributed by atoms with Gasteiger partial charge in [-0.25, -0.2) is 0 Å². The Hall–Kier alpha value is -2.21. The molecule has 1 fully saturated rings. The Kier molecular flexibility index (Phi) is 9.14. The molecular weight excluding hydrogens is 483 g/mol. The third kappa shape index (κ3) is 7.63. The Balaban J connectivity index is 1.96. The van der Waals surface area contributed by atoms with Crippen LogP contribution in [0.1, 0.15) is 54.4 Å². The van der Waals surface area contributed by atoms with Gasteiger partial charge >= 0.3 is 6.18 Å². The van der Waals surface area contributed by atoms with E-state index in [0.29, 0.717) is 31.0 Å². The van der Waals surface area contributed by atoms with Crippen molar-refractivity contribution in [3.8, 4) is 5.75 Å². The minimum atomic E-state index is -4.61. The summed E-state index contributed by atoms with van der Waals surface area (Å²) in [4.78, 5) is 18.8. The maximum Gasteiger partial charge on any atom is 0.416 e. The average molecular weight is 516 g/mol. The van der Waals surface area contributed by atoms with Gasteiger partial charge in [0, 0.05) is 30.8 Å². The molecule has 0 unspecified atom stereocenters. The first-order valence-corrected chi connectivity index (χ1v) is 12.4. The fourth-order valence-electron chi connectivity index (χ4n) is 3.54. The summed E-state index contributed by atoms with van der Waals surface area (Å²) in [5.41, 5.74) is -1.39. The predicted molar refractivity (Wildman–Crippen MR) is 127 cm³/mol. The van der Waals surface area contributed by atoms with E-state index < -0.39 is 17.6 Å². The quantitative estimate of drug-likeness (QED) is 0.497. The number of hydrogen-bond donors (Lipinski definition) is 2. The highest BCUT2D eigenvalue weighted by Crippen LogP contribution is 2.33. The van der Waals surface area contributed by atoms with Crippen molar-refractivity contribution in [1.82, 2.24) is 9.88 Å². The van der Waals surface area contributed by atoms with Crippen LogP contribution in [0.25, 0.3) is 0 Å². The van der Waals surface area contributed by atoms with Crippen molar-refractivity contribution >= 4 is 17.2 Å². The topological polar surface area (TPSA) is 85.1 Å². The van der Waals surface area contributed by atoms with Gasteiger partial charge in [-0.2, -0.15) is 18.2 Å². The molecule has 2 N–H and O–H groups in total. The molecule has 11 heteroatoms. The molecule has 35 heavy (non-hydrogen) atoms. The Morgan fingerprint density at radius 3 is 2.71 bits per heavy atom. The van der Waals surface area contributed by atoms with Gasteiger partial charge in [0.25, 0.3) is 5.91 Å². The van der Waals surface area contributed by atoms with E-state index in [9.17, 15) is 18.0 Å². The number of aliphatic hydroxyl groups is 1. The number of rotatable bonds is 9. The van der Waals surface area contributed by atoms with Gasteiger partial charge in [0.1, 0.15) is 12.4 Å². The zero-order valence-electron chi connectivity index (χ0n) is 20.2. The maximum atomic E-state index is 13.4. The first-order valence-electron chi connectivity index (χ1n) is 11.6. The number of carbonyl (C=O) groups excluding carboxylic acids is 1. The lowest BCUT2D eigenvalue weighted by molar-refractivity contribution is -0.137. The number of halogens is 3. The molecule has 1 aliphatic heterocycles. The van der Waals surface area contributed by atoms with Gasteiger partial charge in [-0.3, -0.25) is 4.79 Å². The van der Waals surface area contributed by atoms with E-state index >= 15 is 0 Å². The molecule has 0 aliphatic carbocycles. The fourth-order valence-corrected chi connectivity index (χ4v) is 4.59. The number of nitrogens with one attached hydrogen (secondary N) is 1. The lowest BCUT2D eigenvalue weighted by Gasteiger charge is -2.15. The van der Waals surface area contributed by atoms with Crippen LogP contribution in [0, 0.1) is 0 Å². The van der Waals surface area contributed by atoms with E-state index in [1.165, 1.54) is 11.3 Å². The molecule has 3 rings (SSSR count). The van der Waals surface area contributed by atoms with E-state index in [-0.39, 0.29) is 36.0 Å². The third-order valence-corrected chi connectivity index (χ3v) is 6.89. The standard InChI is InChI=1S/C24H32F3N3O4S/c1-23(2,3)20-15-30(14-17-5-4-11-33-17)22(35-20)29-21(32)18-13-16(24(25,26)27)6-7-19(18)34-12-9-28-8-10-31/h6-7,13,15,17,28,31H,4-5,8-12,14H2,1-3H3/t17-/m1/s1. The van der Waals surface area contributed by atoms with E-state index in [4.69, 9.17) is 14.6 Å². The van der Waals surface area contributed by atoms with Crippen LogP contribution in [0.4, 0.5) is 13.2 Å². The van der Waals surface area contributed by atoms with Crippen LogP contribution in [-0.2, 0) is 22.9 Å². The van der Waals surface area contributed by atoms with Crippen LogP contribution in [0.5, 0.6) is 5.75 Å². The van der Waals surface area contributed by atoms with Crippen LogP contribution in [0.3, 0.4) is 0 Å². The Morgan fingerprint density at radius 2 is 2.09 bits per heavy atom. The highest BCUT2D eigenvalue weighted by molar-refractivity contribution is 7.09. The Bertz CT molecular complexity index is 1070. The predicted octanol–water partition coefficient (Wildman–Crippen LogP) is 3.75. The van der Waals surface area contributed by atoms with E-state index in [1.54, 1.807) is 0 Å².